The predicted octanol–water partition coefficient (Wildman–Crippen LogP) is 2.97. The SMILES string of the molecule is Cc1cnc2c(c1)N(C(=O)c1nnn(-c3cccc(Cl)c3)c1C)CCO2. The third-order valence-corrected chi connectivity index (χ3v) is 4.44. The number of halogens is 1. The van der Waals surface area contributed by atoms with Gasteiger partial charge in [0.15, 0.2) is 5.69 Å². The summed E-state index contributed by atoms with van der Waals surface area (Å²) in [6.07, 6.45) is 1.72. The molecule has 1 aromatic carbocycles. The van der Waals surface area contributed by atoms with Gasteiger partial charge in [-0.25, -0.2) is 9.67 Å². The minimum Gasteiger partial charge on any atom is -0.474 e. The van der Waals surface area contributed by atoms with Crippen molar-refractivity contribution in [2.45, 2.75) is 13.8 Å². The Morgan fingerprint density at radius 1 is 1.27 bits per heavy atom. The number of amides is 1. The van der Waals surface area contributed by atoms with E-state index in [1.54, 1.807) is 27.9 Å². The van der Waals surface area contributed by atoms with Gasteiger partial charge in [0.25, 0.3) is 5.91 Å². The van der Waals surface area contributed by atoms with E-state index in [1.807, 2.05) is 32.0 Å². The minimum atomic E-state index is -0.229. The molecule has 0 saturated carbocycles. The van der Waals surface area contributed by atoms with E-state index in [2.05, 4.69) is 15.3 Å². The molecule has 0 aliphatic carbocycles. The number of pyridine rings is 1. The molecule has 1 aliphatic heterocycles. The summed E-state index contributed by atoms with van der Waals surface area (Å²) >= 11 is 6.05. The number of nitrogens with zero attached hydrogens (tertiary/aromatic N) is 5. The van der Waals surface area contributed by atoms with Gasteiger partial charge < -0.3 is 4.74 Å². The number of fused-ring (bicyclic) bond motifs is 1. The summed E-state index contributed by atoms with van der Waals surface area (Å²) < 4.78 is 7.16. The van der Waals surface area contributed by atoms with Gasteiger partial charge in [-0.3, -0.25) is 9.69 Å². The van der Waals surface area contributed by atoms with E-state index >= 15 is 0 Å². The molecule has 0 saturated heterocycles. The number of aromatic nitrogens is 4. The molecule has 8 heteroatoms. The molecule has 2 aromatic heterocycles. The molecule has 3 aromatic rings. The van der Waals surface area contributed by atoms with Crippen LogP contribution in [-0.2, 0) is 0 Å². The number of hydrogen-bond acceptors (Lipinski definition) is 5. The highest BCUT2D eigenvalue weighted by molar-refractivity contribution is 6.30. The van der Waals surface area contributed by atoms with E-state index in [-0.39, 0.29) is 5.91 Å². The van der Waals surface area contributed by atoms with Gasteiger partial charge in [0.2, 0.25) is 5.88 Å². The standard InChI is InChI=1S/C18H16ClN5O2/c1-11-8-15-17(20-10-11)26-7-6-23(15)18(25)16-12(2)24(22-21-16)14-5-3-4-13(19)9-14/h3-5,8-10H,6-7H2,1-2H3. The van der Waals surface area contributed by atoms with Crippen LogP contribution in [0.5, 0.6) is 5.88 Å². The van der Waals surface area contributed by atoms with Crippen molar-refractivity contribution >= 4 is 23.2 Å². The smallest absolute Gasteiger partial charge is 0.281 e. The lowest BCUT2D eigenvalue weighted by atomic mass is 10.2. The van der Waals surface area contributed by atoms with Crippen molar-refractivity contribution in [3.8, 4) is 11.6 Å². The van der Waals surface area contributed by atoms with E-state index < -0.39 is 0 Å². The van der Waals surface area contributed by atoms with Crippen molar-refractivity contribution < 1.29 is 9.53 Å². The summed E-state index contributed by atoms with van der Waals surface area (Å²) in [7, 11) is 0. The van der Waals surface area contributed by atoms with Gasteiger partial charge >= 0.3 is 0 Å². The first-order valence-corrected chi connectivity index (χ1v) is 8.52. The highest BCUT2D eigenvalue weighted by Gasteiger charge is 2.29. The predicted molar refractivity (Wildman–Crippen MR) is 97.3 cm³/mol. The van der Waals surface area contributed by atoms with Crippen LogP contribution in [0.3, 0.4) is 0 Å². The first-order chi connectivity index (χ1) is 12.5. The van der Waals surface area contributed by atoms with Crippen LogP contribution in [0.15, 0.2) is 36.5 Å². The Bertz CT molecular complexity index is 1000. The molecule has 0 N–H and O–H groups in total. The molecule has 1 amide bonds. The molecule has 0 fully saturated rings. The Balaban J connectivity index is 1.72. The molecule has 7 nitrogen and oxygen atoms in total. The third kappa shape index (κ3) is 2.80. The molecular formula is C18H16ClN5O2. The van der Waals surface area contributed by atoms with Crippen LogP contribution < -0.4 is 9.64 Å². The summed E-state index contributed by atoms with van der Waals surface area (Å²) in [6.45, 7) is 4.55. The monoisotopic (exact) mass is 369 g/mol. The van der Waals surface area contributed by atoms with Crippen LogP contribution in [0.2, 0.25) is 5.02 Å². The van der Waals surface area contributed by atoms with Crippen molar-refractivity contribution in [2.24, 2.45) is 0 Å². The number of benzene rings is 1. The summed E-state index contributed by atoms with van der Waals surface area (Å²) in [5.41, 5.74) is 3.29. The molecule has 1 aliphatic rings. The fraction of sp³-hybridized carbons (Fsp3) is 0.222. The van der Waals surface area contributed by atoms with Crippen LogP contribution >= 0.6 is 11.6 Å². The number of carbonyl (C=O) groups excluding carboxylic acids is 1. The summed E-state index contributed by atoms with van der Waals surface area (Å²) in [5, 5.41) is 8.83. The fourth-order valence-corrected chi connectivity index (χ4v) is 3.10. The van der Waals surface area contributed by atoms with Gasteiger partial charge in [-0.2, -0.15) is 0 Å². The molecule has 4 rings (SSSR count). The molecule has 0 spiro atoms. The Morgan fingerprint density at radius 2 is 2.12 bits per heavy atom. The maximum absolute atomic E-state index is 13.1. The number of anilines is 1. The highest BCUT2D eigenvalue weighted by Crippen LogP contribution is 2.31. The normalized spacial score (nSPS) is 13.3. The van der Waals surface area contributed by atoms with Crippen molar-refractivity contribution in [1.82, 2.24) is 20.0 Å². The number of carbonyl (C=O) groups is 1. The molecule has 0 bridgehead atoms. The first-order valence-electron chi connectivity index (χ1n) is 8.14. The second-order valence-electron chi connectivity index (χ2n) is 6.06. The van der Waals surface area contributed by atoms with Crippen LogP contribution in [0, 0.1) is 13.8 Å². The van der Waals surface area contributed by atoms with Gasteiger partial charge in [-0.1, -0.05) is 22.9 Å². The van der Waals surface area contributed by atoms with Crippen molar-refractivity contribution in [3.63, 3.8) is 0 Å². The molecule has 26 heavy (non-hydrogen) atoms. The van der Waals surface area contributed by atoms with Crippen LogP contribution in [-0.4, -0.2) is 39.0 Å². The van der Waals surface area contributed by atoms with E-state index in [0.29, 0.717) is 41.1 Å². The topological polar surface area (TPSA) is 73.1 Å². The van der Waals surface area contributed by atoms with Gasteiger partial charge in [0.05, 0.1) is 17.9 Å². The van der Waals surface area contributed by atoms with Crippen molar-refractivity contribution in [2.75, 3.05) is 18.1 Å². The number of rotatable bonds is 2. The highest BCUT2D eigenvalue weighted by atomic mass is 35.5. The molecule has 132 valence electrons. The molecule has 0 atom stereocenters. The number of hydrogen-bond donors (Lipinski definition) is 0. The maximum Gasteiger partial charge on any atom is 0.281 e. The van der Waals surface area contributed by atoms with E-state index in [4.69, 9.17) is 16.3 Å². The van der Waals surface area contributed by atoms with E-state index in [1.165, 1.54) is 0 Å². The lowest BCUT2D eigenvalue weighted by Gasteiger charge is -2.28. The largest absolute Gasteiger partial charge is 0.474 e. The first kappa shape index (κ1) is 16.5. The summed E-state index contributed by atoms with van der Waals surface area (Å²) in [6, 6.07) is 9.13. The molecule has 0 radical (unpaired) electrons. The van der Waals surface area contributed by atoms with E-state index in [9.17, 15) is 4.79 Å². The summed E-state index contributed by atoms with van der Waals surface area (Å²) in [5.74, 6) is 0.225. The fourth-order valence-electron chi connectivity index (χ4n) is 2.92. The molecule has 0 unspecified atom stereocenters. The Morgan fingerprint density at radius 3 is 2.92 bits per heavy atom. The zero-order valence-corrected chi connectivity index (χ0v) is 15.1. The number of aryl methyl sites for hydroxylation is 1. The van der Waals surface area contributed by atoms with E-state index in [0.717, 1.165) is 11.3 Å². The second-order valence-corrected chi connectivity index (χ2v) is 6.49. The van der Waals surface area contributed by atoms with Crippen LogP contribution in [0.1, 0.15) is 21.7 Å². The average Bonchev–Trinajstić information content (AvgIpc) is 3.02. The third-order valence-electron chi connectivity index (χ3n) is 4.21. The second kappa shape index (κ2) is 6.42. The van der Waals surface area contributed by atoms with Gasteiger partial charge in [0, 0.05) is 11.2 Å². The minimum absolute atomic E-state index is 0.229. The van der Waals surface area contributed by atoms with Gasteiger partial charge in [0.1, 0.15) is 12.3 Å². The zero-order chi connectivity index (χ0) is 18.3. The Labute approximate surface area is 155 Å². The molecule has 3 heterocycles. The van der Waals surface area contributed by atoms with Crippen molar-refractivity contribution in [1.29, 1.82) is 0 Å². The van der Waals surface area contributed by atoms with Crippen LogP contribution in [0.25, 0.3) is 5.69 Å². The van der Waals surface area contributed by atoms with Gasteiger partial charge in [-0.15, -0.1) is 5.10 Å². The Kier molecular flexibility index (Phi) is 4.08. The van der Waals surface area contributed by atoms with Gasteiger partial charge in [-0.05, 0) is 43.7 Å². The quantitative estimate of drug-likeness (QED) is 0.694. The molecular weight excluding hydrogens is 354 g/mol. The Hall–Kier alpha value is -2.93. The summed E-state index contributed by atoms with van der Waals surface area (Å²) in [4.78, 5) is 19.0. The lowest BCUT2D eigenvalue weighted by Crippen LogP contribution is -2.38. The number of ether oxygens (including phenoxy) is 1. The lowest BCUT2D eigenvalue weighted by molar-refractivity contribution is 0.0970. The van der Waals surface area contributed by atoms with Crippen molar-refractivity contribution in [3.05, 3.63) is 58.5 Å². The average molecular weight is 370 g/mol. The zero-order valence-electron chi connectivity index (χ0n) is 14.3. The maximum atomic E-state index is 13.1. The van der Waals surface area contributed by atoms with Crippen LogP contribution in [0.4, 0.5) is 5.69 Å².